The monoisotopic (exact) mass is 286 g/mol. The molecule has 0 saturated carbocycles. The molecular formula is C18H26N2O. The number of rotatable bonds is 5. The second-order valence-electron chi connectivity index (χ2n) is 6.70. The Morgan fingerprint density at radius 2 is 1.90 bits per heavy atom. The molecule has 21 heavy (non-hydrogen) atoms. The first-order chi connectivity index (χ1) is 9.85. The lowest BCUT2D eigenvalue weighted by Crippen LogP contribution is -2.36. The van der Waals surface area contributed by atoms with Crippen LogP contribution < -0.4 is 5.32 Å². The minimum atomic E-state index is 0.168. The van der Waals surface area contributed by atoms with E-state index in [-0.39, 0.29) is 5.54 Å². The first kappa shape index (κ1) is 15.8. The lowest BCUT2D eigenvalue weighted by Gasteiger charge is -2.20. The van der Waals surface area contributed by atoms with Crippen molar-refractivity contribution in [3.63, 3.8) is 0 Å². The van der Waals surface area contributed by atoms with E-state index in [4.69, 9.17) is 4.42 Å². The lowest BCUT2D eigenvalue weighted by molar-refractivity contribution is 0.412. The summed E-state index contributed by atoms with van der Waals surface area (Å²) in [7, 11) is 0. The fourth-order valence-corrected chi connectivity index (χ4v) is 2.16. The van der Waals surface area contributed by atoms with Gasteiger partial charge in [0, 0.05) is 17.5 Å². The molecule has 3 heteroatoms. The molecule has 0 bridgehead atoms. The summed E-state index contributed by atoms with van der Waals surface area (Å²) in [4.78, 5) is 4.38. The van der Waals surface area contributed by atoms with Crippen LogP contribution in [-0.2, 0) is 6.42 Å². The van der Waals surface area contributed by atoms with Crippen LogP contribution in [0.2, 0.25) is 0 Å². The predicted octanol–water partition coefficient (Wildman–Crippen LogP) is 4.28. The van der Waals surface area contributed by atoms with Crippen molar-refractivity contribution in [3.8, 4) is 11.3 Å². The van der Waals surface area contributed by atoms with E-state index in [9.17, 15) is 0 Å². The maximum Gasteiger partial charge on any atom is 0.194 e. The Morgan fingerprint density at radius 1 is 1.14 bits per heavy atom. The fraction of sp³-hybridized carbons (Fsp3) is 0.500. The van der Waals surface area contributed by atoms with E-state index in [0.29, 0.717) is 0 Å². The van der Waals surface area contributed by atoms with Gasteiger partial charge in [0.25, 0.3) is 0 Å². The highest BCUT2D eigenvalue weighted by atomic mass is 16.4. The number of aryl methyl sites for hydroxylation is 3. The van der Waals surface area contributed by atoms with E-state index < -0.39 is 0 Å². The minimum Gasteiger partial charge on any atom is -0.441 e. The summed E-state index contributed by atoms with van der Waals surface area (Å²) in [6.45, 7) is 11.7. The first-order valence-corrected chi connectivity index (χ1v) is 7.62. The molecule has 1 N–H and O–H groups in total. The van der Waals surface area contributed by atoms with Crippen LogP contribution >= 0.6 is 0 Å². The number of oxazole rings is 1. The molecule has 1 aromatic carbocycles. The van der Waals surface area contributed by atoms with E-state index in [0.717, 1.165) is 36.6 Å². The lowest BCUT2D eigenvalue weighted by atomic mass is 10.1. The van der Waals surface area contributed by atoms with Crippen molar-refractivity contribution in [2.45, 2.75) is 53.0 Å². The van der Waals surface area contributed by atoms with Gasteiger partial charge in [-0.2, -0.15) is 0 Å². The van der Waals surface area contributed by atoms with Crippen LogP contribution in [0.4, 0.5) is 0 Å². The van der Waals surface area contributed by atoms with Crippen molar-refractivity contribution in [2.24, 2.45) is 0 Å². The summed E-state index contributed by atoms with van der Waals surface area (Å²) in [5, 5.41) is 3.47. The van der Waals surface area contributed by atoms with E-state index in [1.54, 1.807) is 0 Å². The van der Waals surface area contributed by atoms with Gasteiger partial charge in [-0.1, -0.05) is 12.1 Å². The summed E-state index contributed by atoms with van der Waals surface area (Å²) in [6, 6.07) is 6.37. The molecule has 3 nitrogen and oxygen atoms in total. The van der Waals surface area contributed by atoms with Gasteiger partial charge in [-0.05, 0) is 64.8 Å². The Morgan fingerprint density at radius 3 is 2.57 bits per heavy atom. The van der Waals surface area contributed by atoms with Crippen LogP contribution in [-0.4, -0.2) is 17.1 Å². The third kappa shape index (κ3) is 4.71. The van der Waals surface area contributed by atoms with E-state index in [2.05, 4.69) is 63.1 Å². The molecule has 0 radical (unpaired) electrons. The highest BCUT2D eigenvalue weighted by molar-refractivity contribution is 5.58. The molecule has 1 heterocycles. The zero-order chi connectivity index (χ0) is 15.5. The molecule has 0 aliphatic rings. The van der Waals surface area contributed by atoms with Crippen LogP contribution in [0.3, 0.4) is 0 Å². The van der Waals surface area contributed by atoms with Gasteiger partial charge in [0.15, 0.2) is 11.7 Å². The van der Waals surface area contributed by atoms with E-state index in [1.807, 2.05) is 6.20 Å². The number of hydrogen-bond donors (Lipinski definition) is 1. The molecular weight excluding hydrogens is 260 g/mol. The molecule has 1 aromatic heterocycles. The average molecular weight is 286 g/mol. The standard InChI is InChI=1S/C18H26N2O/c1-13-8-9-15(11-14(13)2)16-12-19-17(21-16)7-6-10-20-18(3,4)5/h8-9,11-12,20H,6-7,10H2,1-5H3. The van der Waals surface area contributed by atoms with Crippen molar-refractivity contribution in [3.05, 3.63) is 41.4 Å². The number of nitrogens with one attached hydrogen (secondary N) is 1. The van der Waals surface area contributed by atoms with Crippen molar-refractivity contribution < 1.29 is 4.42 Å². The first-order valence-electron chi connectivity index (χ1n) is 7.62. The Kier molecular flexibility index (Phi) is 4.84. The van der Waals surface area contributed by atoms with Crippen LogP contribution in [0, 0.1) is 13.8 Å². The molecule has 0 fully saturated rings. The fourth-order valence-electron chi connectivity index (χ4n) is 2.16. The van der Waals surface area contributed by atoms with Gasteiger partial charge in [-0.25, -0.2) is 4.98 Å². The summed E-state index contributed by atoms with van der Waals surface area (Å²) >= 11 is 0. The van der Waals surface area contributed by atoms with Crippen molar-refractivity contribution in [1.82, 2.24) is 10.3 Å². The largest absolute Gasteiger partial charge is 0.441 e. The van der Waals surface area contributed by atoms with Gasteiger partial charge in [0.05, 0.1) is 6.20 Å². The van der Waals surface area contributed by atoms with Gasteiger partial charge in [-0.15, -0.1) is 0 Å². The van der Waals surface area contributed by atoms with Gasteiger partial charge >= 0.3 is 0 Å². The maximum atomic E-state index is 5.86. The topological polar surface area (TPSA) is 38.1 Å². The summed E-state index contributed by atoms with van der Waals surface area (Å²) in [6.07, 6.45) is 3.73. The van der Waals surface area contributed by atoms with Crippen LogP contribution in [0.15, 0.2) is 28.8 Å². The Hall–Kier alpha value is -1.61. The van der Waals surface area contributed by atoms with Crippen molar-refractivity contribution in [2.75, 3.05) is 6.54 Å². The minimum absolute atomic E-state index is 0.168. The summed E-state index contributed by atoms with van der Waals surface area (Å²) < 4.78 is 5.86. The molecule has 2 aromatic rings. The molecule has 0 aliphatic carbocycles. The van der Waals surface area contributed by atoms with Crippen molar-refractivity contribution in [1.29, 1.82) is 0 Å². The molecule has 0 spiro atoms. The normalized spacial score (nSPS) is 11.9. The van der Waals surface area contributed by atoms with Gasteiger partial charge in [0.1, 0.15) is 0 Å². The molecule has 2 rings (SSSR count). The SMILES string of the molecule is Cc1ccc(-c2cnc(CCCNC(C)(C)C)o2)cc1C. The smallest absolute Gasteiger partial charge is 0.194 e. The average Bonchev–Trinajstić information content (AvgIpc) is 2.86. The Balaban J connectivity index is 1.93. The number of benzene rings is 1. The molecule has 0 unspecified atom stereocenters. The van der Waals surface area contributed by atoms with Crippen LogP contribution in [0.5, 0.6) is 0 Å². The second kappa shape index (κ2) is 6.44. The summed E-state index contributed by atoms with van der Waals surface area (Å²) in [5.74, 6) is 1.68. The highest BCUT2D eigenvalue weighted by Crippen LogP contribution is 2.23. The summed E-state index contributed by atoms with van der Waals surface area (Å²) in [5.41, 5.74) is 3.84. The third-order valence-electron chi connectivity index (χ3n) is 3.57. The van der Waals surface area contributed by atoms with Crippen molar-refractivity contribution >= 4 is 0 Å². The molecule has 0 aliphatic heterocycles. The number of aromatic nitrogens is 1. The maximum absolute atomic E-state index is 5.86. The van der Waals surface area contributed by atoms with Crippen LogP contribution in [0.25, 0.3) is 11.3 Å². The van der Waals surface area contributed by atoms with E-state index in [1.165, 1.54) is 11.1 Å². The number of hydrogen-bond acceptors (Lipinski definition) is 3. The molecule has 0 atom stereocenters. The van der Waals surface area contributed by atoms with E-state index >= 15 is 0 Å². The third-order valence-corrected chi connectivity index (χ3v) is 3.57. The Bertz CT molecular complexity index is 594. The van der Waals surface area contributed by atoms with Gasteiger partial charge < -0.3 is 9.73 Å². The molecule has 114 valence electrons. The zero-order valence-electron chi connectivity index (χ0n) is 13.8. The predicted molar refractivity (Wildman–Crippen MR) is 87.5 cm³/mol. The second-order valence-corrected chi connectivity index (χ2v) is 6.70. The van der Waals surface area contributed by atoms with Crippen LogP contribution in [0.1, 0.15) is 44.2 Å². The quantitative estimate of drug-likeness (QED) is 0.834. The molecule has 0 amide bonds. The van der Waals surface area contributed by atoms with Gasteiger partial charge in [0.2, 0.25) is 0 Å². The Labute approximate surface area is 127 Å². The number of nitrogens with zero attached hydrogens (tertiary/aromatic N) is 1. The van der Waals surface area contributed by atoms with Gasteiger partial charge in [-0.3, -0.25) is 0 Å². The zero-order valence-corrected chi connectivity index (χ0v) is 13.8. The molecule has 0 saturated heterocycles. The highest BCUT2D eigenvalue weighted by Gasteiger charge is 2.10.